The minimum Gasteiger partial charge on any atom is -0.330 e. The Hall–Kier alpha value is -1.32. The van der Waals surface area contributed by atoms with Crippen molar-refractivity contribution in [1.29, 1.82) is 5.26 Å². The van der Waals surface area contributed by atoms with Crippen molar-refractivity contribution < 1.29 is 23.7 Å². The number of hydrogen-bond acceptors (Lipinski definition) is 6. The molecule has 9 heteroatoms. The molecule has 0 aliphatic carbocycles. The fraction of sp³-hybridized carbons (Fsp3) is 0. The first-order valence-electron chi connectivity index (χ1n) is 1.72. The highest BCUT2D eigenvalue weighted by atomic mass is 31.2. The minimum atomic E-state index is -4.81. The topological polar surface area (TPSA) is 123 Å². The van der Waals surface area contributed by atoms with Gasteiger partial charge in [-0.3, -0.25) is 4.89 Å². The SMILES string of the molecule is N#COP(=O)(O)O[N+](=O)[O-]. The molecule has 0 aliphatic rings. The molecule has 8 nitrogen and oxygen atoms in total. The lowest BCUT2D eigenvalue weighted by Gasteiger charge is -2.00. The molecule has 0 spiro atoms. The van der Waals surface area contributed by atoms with Crippen molar-refractivity contribution in [3.05, 3.63) is 10.1 Å². The average molecular weight is 168 g/mol. The van der Waals surface area contributed by atoms with Crippen LogP contribution in [0.5, 0.6) is 0 Å². The molecule has 1 unspecified atom stereocenters. The van der Waals surface area contributed by atoms with Crippen LogP contribution in [0.15, 0.2) is 0 Å². The van der Waals surface area contributed by atoms with E-state index in [9.17, 15) is 14.7 Å². The van der Waals surface area contributed by atoms with Gasteiger partial charge in [0.2, 0.25) is 0 Å². The third-order valence-corrected chi connectivity index (χ3v) is 0.978. The van der Waals surface area contributed by atoms with Crippen LogP contribution in [0.4, 0.5) is 0 Å². The highest BCUT2D eigenvalue weighted by Gasteiger charge is 2.26. The van der Waals surface area contributed by atoms with Crippen LogP contribution >= 0.6 is 7.82 Å². The van der Waals surface area contributed by atoms with Gasteiger partial charge in [0, 0.05) is 0 Å². The Morgan fingerprint density at radius 1 is 1.80 bits per heavy atom. The van der Waals surface area contributed by atoms with E-state index < -0.39 is 12.9 Å². The average Bonchev–Trinajstić information content (AvgIpc) is 1.59. The molecular formula is CHN2O6P. The smallest absolute Gasteiger partial charge is 0.330 e. The van der Waals surface area contributed by atoms with Crippen LogP contribution in [-0.4, -0.2) is 9.98 Å². The Labute approximate surface area is 54.3 Å². The largest absolute Gasteiger partial charge is 0.567 e. The van der Waals surface area contributed by atoms with E-state index in [4.69, 9.17) is 10.2 Å². The van der Waals surface area contributed by atoms with Crippen LogP contribution in [0.1, 0.15) is 0 Å². The van der Waals surface area contributed by atoms with E-state index in [1.807, 2.05) is 0 Å². The molecule has 0 saturated carbocycles. The predicted molar refractivity (Wildman–Crippen MR) is 24.6 cm³/mol. The fourth-order valence-corrected chi connectivity index (χ4v) is 0.458. The monoisotopic (exact) mass is 168 g/mol. The van der Waals surface area contributed by atoms with Crippen molar-refractivity contribution in [3.8, 4) is 6.26 Å². The summed E-state index contributed by atoms with van der Waals surface area (Å²) in [6, 6.07) is 0. The molecule has 0 aromatic heterocycles. The number of phosphoric acid groups is 1. The van der Waals surface area contributed by atoms with Crippen molar-refractivity contribution in [2.24, 2.45) is 0 Å². The molecule has 56 valence electrons. The molecule has 0 heterocycles. The molecule has 1 N–H and O–H groups in total. The Morgan fingerprint density at radius 2 is 2.30 bits per heavy atom. The molecule has 0 aromatic carbocycles. The zero-order chi connectivity index (χ0) is 8.20. The fourth-order valence-electron chi connectivity index (χ4n) is 0.153. The van der Waals surface area contributed by atoms with Gasteiger partial charge in [-0.25, -0.2) is 4.57 Å². The van der Waals surface area contributed by atoms with Crippen LogP contribution in [0.25, 0.3) is 0 Å². The maximum Gasteiger partial charge on any atom is 0.567 e. The molecule has 0 fully saturated rings. The molecule has 10 heavy (non-hydrogen) atoms. The van der Waals surface area contributed by atoms with E-state index >= 15 is 0 Å². The minimum absolute atomic E-state index is 0.771. The summed E-state index contributed by atoms with van der Waals surface area (Å²) in [5.74, 6) is 0. The first-order valence-corrected chi connectivity index (χ1v) is 3.22. The summed E-state index contributed by atoms with van der Waals surface area (Å²) >= 11 is 0. The lowest BCUT2D eigenvalue weighted by Crippen LogP contribution is -1.98. The third kappa shape index (κ3) is 3.65. The highest BCUT2D eigenvalue weighted by Crippen LogP contribution is 2.42. The van der Waals surface area contributed by atoms with E-state index in [1.54, 1.807) is 0 Å². The predicted octanol–water partition coefficient (Wildman–Crippen LogP) is -0.207. The maximum absolute atomic E-state index is 10.1. The lowest BCUT2D eigenvalue weighted by atomic mass is 11.6. The van der Waals surface area contributed by atoms with Gasteiger partial charge in [-0.2, -0.15) is 4.62 Å². The third-order valence-electron chi connectivity index (χ3n) is 0.326. The zero-order valence-corrected chi connectivity index (χ0v) is 5.22. The quantitative estimate of drug-likeness (QED) is 0.267. The number of nitrogens with zero attached hydrogens (tertiary/aromatic N) is 2. The summed E-state index contributed by atoms with van der Waals surface area (Å²) < 4.78 is 16.4. The van der Waals surface area contributed by atoms with Crippen LogP contribution in [-0.2, 0) is 13.7 Å². The first-order chi connectivity index (χ1) is 4.48. The van der Waals surface area contributed by atoms with Crippen LogP contribution < -0.4 is 0 Å². The molecule has 0 rings (SSSR count). The number of rotatable bonds is 3. The second-order valence-corrected chi connectivity index (χ2v) is 2.24. The summed E-state index contributed by atoms with van der Waals surface area (Å²) in [5, 5.41) is 15.4. The summed E-state index contributed by atoms with van der Waals surface area (Å²) in [6.45, 7) is 0. The van der Waals surface area contributed by atoms with E-state index in [0.29, 0.717) is 0 Å². The van der Waals surface area contributed by atoms with Gasteiger partial charge in [0.1, 0.15) is 0 Å². The van der Waals surface area contributed by atoms with Crippen LogP contribution in [0.3, 0.4) is 0 Å². The van der Waals surface area contributed by atoms with Gasteiger partial charge in [0.15, 0.2) is 0 Å². The number of phosphoric ester groups is 1. The summed E-state index contributed by atoms with van der Waals surface area (Å²) in [4.78, 5) is 17.5. The molecule has 0 bridgehead atoms. The molecule has 0 amide bonds. The van der Waals surface area contributed by atoms with Crippen LogP contribution in [0.2, 0.25) is 0 Å². The van der Waals surface area contributed by atoms with Crippen molar-refractivity contribution >= 4 is 7.82 Å². The van der Waals surface area contributed by atoms with E-state index in [0.717, 1.165) is 6.26 Å². The number of hydrogen-bond donors (Lipinski definition) is 1. The van der Waals surface area contributed by atoms with Gasteiger partial charge in [0.05, 0.1) is 0 Å². The normalized spacial score (nSPS) is 14.4. The van der Waals surface area contributed by atoms with Crippen molar-refractivity contribution in [1.82, 2.24) is 0 Å². The van der Waals surface area contributed by atoms with Gasteiger partial charge >= 0.3 is 12.9 Å². The number of nitriles is 1. The van der Waals surface area contributed by atoms with Gasteiger partial charge in [-0.1, -0.05) is 0 Å². The Kier molecular flexibility index (Phi) is 2.61. The second-order valence-electron chi connectivity index (χ2n) is 0.956. The Bertz CT molecular complexity index is 216. The van der Waals surface area contributed by atoms with Crippen LogP contribution in [0, 0.1) is 21.6 Å². The first kappa shape index (κ1) is 8.68. The van der Waals surface area contributed by atoms with Gasteiger partial charge in [-0.15, -0.1) is 15.4 Å². The zero-order valence-electron chi connectivity index (χ0n) is 4.33. The lowest BCUT2D eigenvalue weighted by molar-refractivity contribution is -0.717. The van der Waals surface area contributed by atoms with E-state index in [2.05, 4.69) is 9.15 Å². The van der Waals surface area contributed by atoms with Crippen molar-refractivity contribution in [2.45, 2.75) is 0 Å². The Balaban J connectivity index is 4.03. The highest BCUT2D eigenvalue weighted by molar-refractivity contribution is 7.47. The maximum atomic E-state index is 10.1. The van der Waals surface area contributed by atoms with Crippen molar-refractivity contribution in [3.63, 3.8) is 0 Å². The molecule has 1 atom stereocenters. The van der Waals surface area contributed by atoms with Gasteiger partial charge in [0.25, 0.3) is 6.26 Å². The molecule has 0 aliphatic heterocycles. The van der Waals surface area contributed by atoms with Gasteiger partial charge < -0.3 is 4.52 Å². The van der Waals surface area contributed by atoms with E-state index in [1.165, 1.54) is 0 Å². The Morgan fingerprint density at radius 3 is 2.60 bits per heavy atom. The van der Waals surface area contributed by atoms with Crippen molar-refractivity contribution in [2.75, 3.05) is 0 Å². The standard InChI is InChI=1S/CHN2O6P/c2-1-8-10(6,7)9-3(4)5/h(H,6,7). The summed E-state index contributed by atoms with van der Waals surface area (Å²) in [5.41, 5.74) is 0. The molecule has 0 radical (unpaired) electrons. The molecular weight excluding hydrogens is 167 g/mol. The summed E-state index contributed by atoms with van der Waals surface area (Å²) in [6.07, 6.45) is 0.771. The van der Waals surface area contributed by atoms with Gasteiger partial charge in [-0.05, 0) is 0 Å². The second kappa shape index (κ2) is 3.00. The molecule has 0 saturated heterocycles. The summed E-state index contributed by atoms with van der Waals surface area (Å²) in [7, 11) is -4.81. The van der Waals surface area contributed by atoms with E-state index in [-0.39, 0.29) is 0 Å². The molecule has 0 aromatic rings.